The van der Waals surface area contributed by atoms with Crippen molar-refractivity contribution >= 4 is 11.9 Å². The highest BCUT2D eigenvalue weighted by Gasteiger charge is 2.22. The first-order chi connectivity index (χ1) is 8.00. The number of carbonyl (C=O) groups excluding carboxylic acids is 1. The fraction of sp³-hybridized carbons (Fsp3) is 0.545. The van der Waals surface area contributed by atoms with Crippen LogP contribution in [0.15, 0.2) is 18.7 Å². The molecule has 0 aliphatic rings. The molecule has 1 rings (SSSR count). The van der Waals surface area contributed by atoms with Gasteiger partial charge in [0.1, 0.15) is 6.04 Å². The highest BCUT2D eigenvalue weighted by molar-refractivity contribution is 5.83. The minimum atomic E-state index is -1.00. The smallest absolute Gasteiger partial charge is 0.326 e. The third-order valence-corrected chi connectivity index (χ3v) is 2.41. The van der Waals surface area contributed by atoms with Crippen LogP contribution in [0.25, 0.3) is 0 Å². The van der Waals surface area contributed by atoms with E-state index in [9.17, 15) is 9.59 Å². The summed E-state index contributed by atoms with van der Waals surface area (Å²) in [5, 5.41) is 11.4. The Morgan fingerprint density at radius 2 is 2.18 bits per heavy atom. The van der Waals surface area contributed by atoms with Gasteiger partial charge < -0.3 is 15.0 Å². The summed E-state index contributed by atoms with van der Waals surface area (Å²) >= 11 is 0. The van der Waals surface area contributed by atoms with Crippen LogP contribution < -0.4 is 5.32 Å². The molecule has 1 aromatic heterocycles. The number of rotatable bonds is 6. The fourth-order valence-corrected chi connectivity index (χ4v) is 1.41. The minimum Gasteiger partial charge on any atom is -0.480 e. The van der Waals surface area contributed by atoms with Gasteiger partial charge in [-0.2, -0.15) is 0 Å². The van der Waals surface area contributed by atoms with Crippen molar-refractivity contribution in [1.82, 2.24) is 14.9 Å². The monoisotopic (exact) mass is 239 g/mol. The number of carboxylic acid groups (broad SMARTS) is 1. The van der Waals surface area contributed by atoms with Crippen LogP contribution in [0.5, 0.6) is 0 Å². The predicted octanol–water partition coefficient (Wildman–Crippen LogP) is 0.499. The maximum absolute atomic E-state index is 11.5. The van der Waals surface area contributed by atoms with Crippen molar-refractivity contribution in [2.24, 2.45) is 5.92 Å². The topological polar surface area (TPSA) is 84.2 Å². The van der Waals surface area contributed by atoms with Crippen molar-refractivity contribution in [1.29, 1.82) is 0 Å². The van der Waals surface area contributed by atoms with Crippen LogP contribution in [0.1, 0.15) is 20.3 Å². The van der Waals surface area contributed by atoms with Crippen LogP contribution in [-0.2, 0) is 16.1 Å². The average Bonchev–Trinajstić information content (AvgIpc) is 2.74. The second-order valence-corrected chi connectivity index (χ2v) is 4.18. The Bertz CT molecular complexity index is 373. The third-order valence-electron chi connectivity index (χ3n) is 2.41. The summed E-state index contributed by atoms with van der Waals surface area (Å²) in [6.45, 7) is 4.01. The number of nitrogens with zero attached hydrogens (tertiary/aromatic N) is 2. The summed E-state index contributed by atoms with van der Waals surface area (Å²) in [6, 6.07) is -0.828. The van der Waals surface area contributed by atoms with Gasteiger partial charge in [0.15, 0.2) is 0 Å². The molecule has 0 aliphatic heterocycles. The number of aliphatic carboxylic acids is 1. The number of carboxylic acids is 1. The van der Waals surface area contributed by atoms with Crippen LogP contribution in [0, 0.1) is 5.92 Å². The summed E-state index contributed by atoms with van der Waals surface area (Å²) in [4.78, 5) is 26.3. The van der Waals surface area contributed by atoms with Gasteiger partial charge in [-0.15, -0.1) is 0 Å². The molecule has 0 fully saturated rings. The Morgan fingerprint density at radius 1 is 1.47 bits per heavy atom. The van der Waals surface area contributed by atoms with Crippen molar-refractivity contribution in [3.05, 3.63) is 18.7 Å². The molecule has 6 heteroatoms. The summed E-state index contributed by atoms with van der Waals surface area (Å²) in [6.07, 6.45) is 5.24. The first-order valence-corrected chi connectivity index (χ1v) is 5.48. The van der Waals surface area contributed by atoms with Crippen molar-refractivity contribution in [3.8, 4) is 0 Å². The molecular formula is C11H17N3O3. The van der Waals surface area contributed by atoms with E-state index in [1.165, 1.54) is 0 Å². The van der Waals surface area contributed by atoms with Crippen LogP contribution in [-0.4, -0.2) is 32.6 Å². The molecule has 0 saturated carbocycles. The lowest BCUT2D eigenvalue weighted by Crippen LogP contribution is -2.44. The van der Waals surface area contributed by atoms with Gasteiger partial charge in [-0.25, -0.2) is 9.78 Å². The maximum Gasteiger partial charge on any atom is 0.326 e. The number of hydrogen-bond acceptors (Lipinski definition) is 3. The number of imidazole rings is 1. The molecule has 0 aromatic carbocycles. The minimum absolute atomic E-state index is 0.135. The van der Waals surface area contributed by atoms with Crippen LogP contribution in [0.3, 0.4) is 0 Å². The van der Waals surface area contributed by atoms with Gasteiger partial charge in [0.2, 0.25) is 5.91 Å². The molecule has 1 atom stereocenters. The molecule has 2 N–H and O–H groups in total. The molecule has 94 valence electrons. The molecule has 1 unspecified atom stereocenters. The van der Waals surface area contributed by atoms with Crippen molar-refractivity contribution in [2.45, 2.75) is 32.9 Å². The Kier molecular flexibility index (Phi) is 4.68. The quantitative estimate of drug-likeness (QED) is 0.757. The fourth-order valence-electron chi connectivity index (χ4n) is 1.41. The van der Waals surface area contributed by atoms with E-state index in [0.29, 0.717) is 6.54 Å². The number of hydrogen-bond donors (Lipinski definition) is 2. The van der Waals surface area contributed by atoms with Crippen LogP contribution in [0.2, 0.25) is 0 Å². The van der Waals surface area contributed by atoms with E-state index in [-0.39, 0.29) is 18.2 Å². The zero-order chi connectivity index (χ0) is 12.8. The third kappa shape index (κ3) is 4.26. The summed E-state index contributed by atoms with van der Waals surface area (Å²) in [7, 11) is 0. The zero-order valence-electron chi connectivity index (χ0n) is 9.96. The van der Waals surface area contributed by atoms with E-state index in [4.69, 9.17) is 5.11 Å². The van der Waals surface area contributed by atoms with Gasteiger partial charge in [0.05, 0.1) is 6.33 Å². The van der Waals surface area contributed by atoms with Crippen LogP contribution in [0.4, 0.5) is 0 Å². The largest absolute Gasteiger partial charge is 0.480 e. The lowest BCUT2D eigenvalue weighted by molar-refractivity contribution is -0.143. The second kappa shape index (κ2) is 6.03. The normalized spacial score (nSPS) is 12.4. The molecule has 0 bridgehead atoms. The van der Waals surface area contributed by atoms with Gasteiger partial charge in [0, 0.05) is 25.4 Å². The van der Waals surface area contributed by atoms with E-state index in [1.807, 2.05) is 0 Å². The van der Waals surface area contributed by atoms with E-state index in [2.05, 4.69) is 10.3 Å². The van der Waals surface area contributed by atoms with E-state index in [0.717, 1.165) is 0 Å². The van der Waals surface area contributed by atoms with Gasteiger partial charge in [-0.3, -0.25) is 4.79 Å². The standard InChI is InChI=1S/C11H17N3O3/c1-8(2)10(11(16)17)13-9(15)3-5-14-6-4-12-7-14/h4,6-8,10H,3,5H2,1-2H3,(H,13,15)(H,16,17). The molecule has 1 aromatic rings. The molecule has 1 amide bonds. The lowest BCUT2D eigenvalue weighted by atomic mass is 10.0. The Balaban J connectivity index is 2.40. The number of nitrogens with one attached hydrogen (secondary N) is 1. The Hall–Kier alpha value is -1.85. The molecular weight excluding hydrogens is 222 g/mol. The average molecular weight is 239 g/mol. The van der Waals surface area contributed by atoms with Gasteiger partial charge in [0.25, 0.3) is 0 Å². The number of amides is 1. The van der Waals surface area contributed by atoms with Crippen molar-refractivity contribution < 1.29 is 14.7 Å². The highest BCUT2D eigenvalue weighted by Crippen LogP contribution is 2.02. The Morgan fingerprint density at radius 3 is 2.65 bits per heavy atom. The van der Waals surface area contributed by atoms with Crippen molar-refractivity contribution in [2.75, 3.05) is 0 Å². The Labute approximate surface area is 99.7 Å². The summed E-state index contributed by atoms with van der Waals surface area (Å²) < 4.78 is 1.77. The first-order valence-electron chi connectivity index (χ1n) is 5.48. The van der Waals surface area contributed by atoms with Crippen LogP contribution >= 0.6 is 0 Å². The van der Waals surface area contributed by atoms with Gasteiger partial charge in [-0.05, 0) is 5.92 Å². The summed E-state index contributed by atoms with van der Waals surface area (Å²) in [5.41, 5.74) is 0. The molecule has 0 radical (unpaired) electrons. The van der Waals surface area contributed by atoms with E-state index >= 15 is 0 Å². The van der Waals surface area contributed by atoms with Crippen molar-refractivity contribution in [3.63, 3.8) is 0 Å². The number of aryl methyl sites for hydroxylation is 1. The predicted molar refractivity (Wildman–Crippen MR) is 61.2 cm³/mol. The van der Waals surface area contributed by atoms with Gasteiger partial charge >= 0.3 is 5.97 Å². The van der Waals surface area contributed by atoms with Gasteiger partial charge in [-0.1, -0.05) is 13.8 Å². The second-order valence-electron chi connectivity index (χ2n) is 4.18. The highest BCUT2D eigenvalue weighted by atomic mass is 16.4. The number of carbonyl (C=O) groups is 2. The van der Waals surface area contributed by atoms with E-state index in [1.54, 1.807) is 37.1 Å². The zero-order valence-corrected chi connectivity index (χ0v) is 9.96. The molecule has 1 heterocycles. The molecule has 6 nitrogen and oxygen atoms in total. The number of aromatic nitrogens is 2. The molecule has 0 spiro atoms. The first kappa shape index (κ1) is 13.2. The molecule has 17 heavy (non-hydrogen) atoms. The van der Waals surface area contributed by atoms with E-state index < -0.39 is 12.0 Å². The maximum atomic E-state index is 11.5. The summed E-state index contributed by atoms with van der Waals surface area (Å²) in [5.74, 6) is -1.40. The molecule has 0 saturated heterocycles. The molecule has 0 aliphatic carbocycles. The SMILES string of the molecule is CC(C)C(NC(=O)CCn1ccnc1)C(=O)O. The lowest BCUT2D eigenvalue weighted by Gasteiger charge is -2.17.